The largest absolute Gasteiger partial charge is 0.330 e. The van der Waals surface area contributed by atoms with Crippen molar-refractivity contribution in [3.63, 3.8) is 0 Å². The van der Waals surface area contributed by atoms with Gasteiger partial charge in [0.1, 0.15) is 0 Å². The van der Waals surface area contributed by atoms with E-state index in [0.29, 0.717) is 11.9 Å². The molecule has 0 spiro atoms. The minimum absolute atomic E-state index is 0.325. The third kappa shape index (κ3) is 2.21. The van der Waals surface area contributed by atoms with Crippen molar-refractivity contribution in [2.45, 2.75) is 44.6 Å². The molecule has 0 unspecified atom stereocenters. The summed E-state index contributed by atoms with van der Waals surface area (Å²) in [5.74, 6) is 0.325. The molecule has 0 aromatic heterocycles. The van der Waals surface area contributed by atoms with Crippen molar-refractivity contribution in [2.75, 3.05) is 13.2 Å². The van der Waals surface area contributed by atoms with Crippen molar-refractivity contribution < 1.29 is 4.79 Å². The molecule has 0 radical (unpaired) electrons. The molecule has 2 rings (SSSR count). The summed E-state index contributed by atoms with van der Waals surface area (Å²) < 4.78 is 0. The maximum absolute atomic E-state index is 11.3. The van der Waals surface area contributed by atoms with E-state index in [1.54, 1.807) is 0 Å². The third-order valence-electron chi connectivity index (χ3n) is 3.10. The van der Waals surface area contributed by atoms with Crippen molar-refractivity contribution >= 4 is 5.91 Å². The maximum Gasteiger partial charge on any atom is 0.223 e. The quantitative estimate of drug-likeness (QED) is 0.709. The molecule has 0 aromatic rings. The van der Waals surface area contributed by atoms with E-state index in [9.17, 15) is 4.79 Å². The average molecular weight is 182 g/mol. The first-order chi connectivity index (χ1) is 6.36. The fourth-order valence-corrected chi connectivity index (χ4v) is 2.24. The molecule has 1 saturated carbocycles. The zero-order valence-electron chi connectivity index (χ0n) is 8.09. The fraction of sp³-hybridized carbons (Fsp3) is 0.900. The predicted octanol–water partition coefficient (Wildman–Crippen LogP) is 1.10. The van der Waals surface area contributed by atoms with Crippen LogP contribution in [0.15, 0.2) is 0 Å². The summed E-state index contributed by atoms with van der Waals surface area (Å²) in [5.41, 5.74) is 0. The minimum atomic E-state index is 0.325. The average Bonchev–Trinajstić information content (AvgIpc) is 2.72. The summed E-state index contributed by atoms with van der Waals surface area (Å²) in [6.07, 6.45) is 7.10. The molecule has 0 bridgehead atoms. The van der Waals surface area contributed by atoms with Crippen LogP contribution in [-0.4, -0.2) is 30.1 Å². The van der Waals surface area contributed by atoms with Gasteiger partial charge in [-0.3, -0.25) is 10.1 Å². The van der Waals surface area contributed by atoms with Gasteiger partial charge in [0.2, 0.25) is 5.91 Å². The van der Waals surface area contributed by atoms with E-state index in [2.05, 4.69) is 5.32 Å². The Kier molecular flexibility index (Phi) is 2.83. The van der Waals surface area contributed by atoms with Crippen LogP contribution in [0.25, 0.3) is 0 Å². The Balaban J connectivity index is 1.69. The highest BCUT2D eigenvalue weighted by Gasteiger charge is 2.21. The maximum atomic E-state index is 11.3. The van der Waals surface area contributed by atoms with Crippen LogP contribution in [0.1, 0.15) is 38.5 Å². The van der Waals surface area contributed by atoms with Gasteiger partial charge >= 0.3 is 0 Å². The van der Waals surface area contributed by atoms with Gasteiger partial charge in [-0.25, -0.2) is 0 Å². The summed E-state index contributed by atoms with van der Waals surface area (Å²) in [6, 6.07) is 0.674. The number of hydrogen-bond donors (Lipinski definition) is 1. The van der Waals surface area contributed by atoms with Crippen molar-refractivity contribution in [1.29, 1.82) is 0 Å². The molecular formula is C10H18N2O. The minimum Gasteiger partial charge on any atom is -0.330 e. The van der Waals surface area contributed by atoms with Crippen molar-refractivity contribution in [1.82, 2.24) is 10.2 Å². The smallest absolute Gasteiger partial charge is 0.223 e. The van der Waals surface area contributed by atoms with Crippen LogP contribution < -0.4 is 5.32 Å². The monoisotopic (exact) mass is 182 g/mol. The van der Waals surface area contributed by atoms with Gasteiger partial charge in [0.15, 0.2) is 0 Å². The van der Waals surface area contributed by atoms with Crippen LogP contribution in [0.5, 0.6) is 0 Å². The van der Waals surface area contributed by atoms with Crippen LogP contribution in [-0.2, 0) is 4.79 Å². The standard InChI is InChI=1S/C10H18N2O/c13-10-6-3-7-12(10)8-11-9-4-1-2-5-9/h9,11H,1-8H2. The highest BCUT2D eigenvalue weighted by molar-refractivity contribution is 5.77. The number of rotatable bonds is 3. The Labute approximate surface area is 79.5 Å². The van der Waals surface area contributed by atoms with Gasteiger partial charge < -0.3 is 4.90 Å². The first-order valence-electron chi connectivity index (χ1n) is 5.37. The van der Waals surface area contributed by atoms with Crippen LogP contribution >= 0.6 is 0 Å². The van der Waals surface area contributed by atoms with Gasteiger partial charge in [0.25, 0.3) is 0 Å². The van der Waals surface area contributed by atoms with E-state index >= 15 is 0 Å². The number of nitrogens with one attached hydrogen (secondary N) is 1. The number of carbonyl (C=O) groups is 1. The summed E-state index contributed by atoms with van der Waals surface area (Å²) in [6.45, 7) is 1.74. The Morgan fingerprint density at radius 1 is 1.31 bits per heavy atom. The van der Waals surface area contributed by atoms with Gasteiger partial charge in [0, 0.05) is 19.0 Å². The van der Waals surface area contributed by atoms with Crippen molar-refractivity contribution in [3.8, 4) is 0 Å². The van der Waals surface area contributed by atoms with E-state index < -0.39 is 0 Å². The molecule has 74 valence electrons. The molecule has 1 aliphatic heterocycles. The molecule has 1 saturated heterocycles. The number of hydrogen-bond acceptors (Lipinski definition) is 2. The lowest BCUT2D eigenvalue weighted by Crippen LogP contribution is -2.39. The molecule has 3 nitrogen and oxygen atoms in total. The van der Waals surface area contributed by atoms with E-state index in [1.807, 2.05) is 4.90 Å². The molecule has 1 amide bonds. The summed E-state index contributed by atoms with van der Waals surface area (Å²) in [7, 11) is 0. The second-order valence-electron chi connectivity index (χ2n) is 4.10. The number of likely N-dealkylation sites (tertiary alicyclic amines) is 1. The van der Waals surface area contributed by atoms with Gasteiger partial charge in [-0.2, -0.15) is 0 Å². The lowest BCUT2D eigenvalue weighted by Gasteiger charge is -2.19. The van der Waals surface area contributed by atoms with Crippen LogP contribution in [0.4, 0.5) is 0 Å². The van der Waals surface area contributed by atoms with Crippen molar-refractivity contribution in [2.24, 2.45) is 0 Å². The van der Waals surface area contributed by atoms with E-state index in [1.165, 1.54) is 25.7 Å². The fourth-order valence-electron chi connectivity index (χ4n) is 2.24. The lowest BCUT2D eigenvalue weighted by molar-refractivity contribution is -0.128. The molecule has 0 aromatic carbocycles. The van der Waals surface area contributed by atoms with E-state index in [4.69, 9.17) is 0 Å². The molecule has 13 heavy (non-hydrogen) atoms. The molecule has 1 N–H and O–H groups in total. The molecular weight excluding hydrogens is 164 g/mol. The van der Waals surface area contributed by atoms with Crippen LogP contribution in [0.3, 0.4) is 0 Å². The number of nitrogens with zero attached hydrogens (tertiary/aromatic N) is 1. The topological polar surface area (TPSA) is 32.3 Å². The van der Waals surface area contributed by atoms with Crippen molar-refractivity contribution in [3.05, 3.63) is 0 Å². The molecule has 0 atom stereocenters. The Bertz CT molecular complexity index is 187. The Morgan fingerprint density at radius 3 is 2.69 bits per heavy atom. The van der Waals surface area contributed by atoms with Gasteiger partial charge in [-0.15, -0.1) is 0 Å². The van der Waals surface area contributed by atoms with Gasteiger partial charge in [-0.05, 0) is 19.3 Å². The Morgan fingerprint density at radius 2 is 2.08 bits per heavy atom. The second-order valence-corrected chi connectivity index (χ2v) is 4.10. The molecule has 3 heteroatoms. The second kappa shape index (κ2) is 4.09. The zero-order valence-corrected chi connectivity index (χ0v) is 8.09. The Hall–Kier alpha value is -0.570. The molecule has 2 fully saturated rings. The SMILES string of the molecule is O=C1CCCN1CNC1CCCC1. The summed E-state index contributed by atoms with van der Waals surface area (Å²) >= 11 is 0. The number of amides is 1. The molecule has 2 aliphatic rings. The normalized spacial score (nSPS) is 24.6. The highest BCUT2D eigenvalue weighted by atomic mass is 16.2. The predicted molar refractivity (Wildman–Crippen MR) is 51.2 cm³/mol. The molecule has 1 aliphatic carbocycles. The van der Waals surface area contributed by atoms with Crippen LogP contribution in [0, 0.1) is 0 Å². The van der Waals surface area contributed by atoms with Crippen LogP contribution in [0.2, 0.25) is 0 Å². The first-order valence-corrected chi connectivity index (χ1v) is 5.37. The molecule has 1 heterocycles. The highest BCUT2D eigenvalue weighted by Crippen LogP contribution is 2.18. The van der Waals surface area contributed by atoms with Gasteiger partial charge in [-0.1, -0.05) is 12.8 Å². The zero-order chi connectivity index (χ0) is 9.10. The van der Waals surface area contributed by atoms with E-state index in [-0.39, 0.29) is 0 Å². The number of carbonyl (C=O) groups excluding carboxylic acids is 1. The first kappa shape index (κ1) is 9.00. The summed E-state index contributed by atoms with van der Waals surface area (Å²) in [5, 5.41) is 3.46. The lowest BCUT2D eigenvalue weighted by atomic mass is 10.2. The van der Waals surface area contributed by atoms with Gasteiger partial charge in [0.05, 0.1) is 6.67 Å². The summed E-state index contributed by atoms with van der Waals surface area (Å²) in [4.78, 5) is 13.2. The van der Waals surface area contributed by atoms with E-state index in [0.717, 1.165) is 26.1 Å². The third-order valence-corrected chi connectivity index (χ3v) is 3.10.